The number of rotatable bonds is 4. The molecule has 2 unspecified atom stereocenters. The lowest BCUT2D eigenvalue weighted by molar-refractivity contribution is 0.134. The number of halogens is 2. The number of likely N-dealkylation sites (N-methyl/N-ethyl adjacent to an activating group) is 1. The molecule has 1 aromatic carbocycles. The third kappa shape index (κ3) is 3.06. The van der Waals surface area contributed by atoms with Gasteiger partial charge < -0.3 is 10.5 Å². The van der Waals surface area contributed by atoms with Gasteiger partial charge in [0.25, 0.3) is 0 Å². The number of nitrogens with zero attached hydrogens (tertiary/aromatic N) is 1. The van der Waals surface area contributed by atoms with E-state index in [-0.39, 0.29) is 6.04 Å². The first-order valence-electron chi connectivity index (χ1n) is 6.08. The summed E-state index contributed by atoms with van der Waals surface area (Å²) >= 11 is 9.73. The summed E-state index contributed by atoms with van der Waals surface area (Å²) in [5, 5.41) is 0.755. The van der Waals surface area contributed by atoms with E-state index in [0.717, 1.165) is 34.7 Å². The smallest absolute Gasteiger partial charge is 0.0622 e. The minimum atomic E-state index is 0.136. The van der Waals surface area contributed by atoms with Crippen LogP contribution < -0.4 is 5.73 Å². The molecular formula is C13H18BrClN2O. The quantitative estimate of drug-likeness (QED) is 0.921. The van der Waals surface area contributed by atoms with Crippen molar-refractivity contribution in [3.63, 3.8) is 0 Å². The number of ether oxygens (including phenoxy) is 1. The van der Waals surface area contributed by atoms with Gasteiger partial charge in [0.05, 0.1) is 6.61 Å². The zero-order valence-electron chi connectivity index (χ0n) is 10.4. The van der Waals surface area contributed by atoms with Crippen molar-refractivity contribution in [2.75, 3.05) is 26.8 Å². The van der Waals surface area contributed by atoms with Crippen LogP contribution >= 0.6 is 27.5 Å². The summed E-state index contributed by atoms with van der Waals surface area (Å²) in [6, 6.07) is 6.52. The molecule has 5 heteroatoms. The van der Waals surface area contributed by atoms with Crippen LogP contribution in [0.15, 0.2) is 22.7 Å². The van der Waals surface area contributed by atoms with Gasteiger partial charge in [-0.25, -0.2) is 0 Å². The van der Waals surface area contributed by atoms with E-state index >= 15 is 0 Å². The summed E-state index contributed by atoms with van der Waals surface area (Å²) in [5.74, 6) is 0. The minimum Gasteiger partial charge on any atom is -0.380 e. The van der Waals surface area contributed by atoms with Crippen molar-refractivity contribution >= 4 is 27.5 Å². The highest BCUT2D eigenvalue weighted by atomic mass is 79.9. The van der Waals surface area contributed by atoms with Crippen LogP contribution in [-0.4, -0.2) is 37.7 Å². The predicted octanol–water partition coefficient (Wildman–Crippen LogP) is 2.82. The van der Waals surface area contributed by atoms with Crippen LogP contribution in [0.5, 0.6) is 0 Å². The van der Waals surface area contributed by atoms with Crippen LogP contribution in [0, 0.1) is 0 Å². The van der Waals surface area contributed by atoms with Crippen molar-refractivity contribution in [1.29, 1.82) is 0 Å². The lowest BCUT2D eigenvalue weighted by atomic mass is 10.0. The molecule has 0 aromatic heterocycles. The molecule has 1 aliphatic rings. The Morgan fingerprint density at radius 1 is 1.61 bits per heavy atom. The summed E-state index contributed by atoms with van der Waals surface area (Å²) in [5.41, 5.74) is 7.01. The van der Waals surface area contributed by atoms with E-state index in [0.29, 0.717) is 12.6 Å². The number of hydrogen-bond donors (Lipinski definition) is 1. The second kappa shape index (κ2) is 6.35. The fraction of sp³-hybridized carbons (Fsp3) is 0.538. The Morgan fingerprint density at radius 2 is 2.39 bits per heavy atom. The molecule has 1 fully saturated rings. The maximum Gasteiger partial charge on any atom is 0.0622 e. The average molecular weight is 334 g/mol. The third-order valence-electron chi connectivity index (χ3n) is 3.52. The normalized spacial score (nSPS) is 21.5. The first-order chi connectivity index (χ1) is 8.63. The van der Waals surface area contributed by atoms with Crippen molar-refractivity contribution in [3.8, 4) is 0 Å². The molecule has 1 aromatic rings. The van der Waals surface area contributed by atoms with Gasteiger partial charge >= 0.3 is 0 Å². The Balaban J connectivity index is 2.21. The predicted molar refractivity (Wildman–Crippen MR) is 77.9 cm³/mol. The minimum absolute atomic E-state index is 0.136. The van der Waals surface area contributed by atoms with Crippen molar-refractivity contribution in [2.45, 2.75) is 18.5 Å². The lowest BCUT2D eigenvalue weighted by Gasteiger charge is -2.32. The lowest BCUT2D eigenvalue weighted by Crippen LogP contribution is -2.39. The Labute approximate surface area is 121 Å². The van der Waals surface area contributed by atoms with Crippen molar-refractivity contribution in [1.82, 2.24) is 4.90 Å². The van der Waals surface area contributed by atoms with E-state index in [9.17, 15) is 0 Å². The monoisotopic (exact) mass is 332 g/mol. The van der Waals surface area contributed by atoms with Gasteiger partial charge in [-0.3, -0.25) is 4.90 Å². The molecule has 0 spiro atoms. The molecule has 100 valence electrons. The second-order valence-electron chi connectivity index (χ2n) is 4.60. The van der Waals surface area contributed by atoms with Gasteiger partial charge in [-0.2, -0.15) is 0 Å². The molecule has 3 nitrogen and oxygen atoms in total. The maximum absolute atomic E-state index is 6.31. The van der Waals surface area contributed by atoms with E-state index in [1.807, 2.05) is 18.2 Å². The Morgan fingerprint density at radius 3 is 2.94 bits per heavy atom. The van der Waals surface area contributed by atoms with Gasteiger partial charge in [-0.15, -0.1) is 0 Å². The molecule has 1 aliphatic heterocycles. The summed E-state index contributed by atoms with van der Waals surface area (Å²) in [7, 11) is 2.09. The van der Waals surface area contributed by atoms with Crippen molar-refractivity contribution in [3.05, 3.63) is 33.3 Å². The summed E-state index contributed by atoms with van der Waals surface area (Å²) in [6.45, 7) is 2.16. The largest absolute Gasteiger partial charge is 0.380 e. The molecule has 1 heterocycles. The highest BCUT2D eigenvalue weighted by Gasteiger charge is 2.27. The summed E-state index contributed by atoms with van der Waals surface area (Å²) in [4.78, 5) is 2.28. The molecule has 0 saturated carbocycles. The Kier molecular flexibility index (Phi) is 5.04. The molecular weight excluding hydrogens is 316 g/mol. The average Bonchev–Trinajstić information content (AvgIpc) is 2.86. The van der Waals surface area contributed by atoms with Gasteiger partial charge in [-0.05, 0) is 31.2 Å². The third-order valence-corrected chi connectivity index (χ3v) is 4.34. The molecule has 2 N–H and O–H groups in total. The van der Waals surface area contributed by atoms with E-state index in [1.54, 1.807) is 0 Å². The Bertz CT molecular complexity index is 410. The number of nitrogens with two attached hydrogens (primary N) is 1. The van der Waals surface area contributed by atoms with Gasteiger partial charge in [0.15, 0.2) is 0 Å². The van der Waals surface area contributed by atoms with Crippen LogP contribution in [0.4, 0.5) is 0 Å². The van der Waals surface area contributed by atoms with Gasteiger partial charge in [-0.1, -0.05) is 33.6 Å². The van der Waals surface area contributed by atoms with E-state index in [2.05, 4.69) is 27.9 Å². The van der Waals surface area contributed by atoms with Crippen LogP contribution in [0.1, 0.15) is 18.0 Å². The number of hydrogen-bond acceptors (Lipinski definition) is 3. The van der Waals surface area contributed by atoms with E-state index < -0.39 is 0 Å². The molecule has 2 atom stereocenters. The zero-order chi connectivity index (χ0) is 13.1. The van der Waals surface area contributed by atoms with Crippen LogP contribution in [-0.2, 0) is 4.74 Å². The van der Waals surface area contributed by atoms with Gasteiger partial charge in [0.1, 0.15) is 0 Å². The number of benzene rings is 1. The molecule has 2 rings (SSSR count). The first kappa shape index (κ1) is 14.3. The van der Waals surface area contributed by atoms with E-state index in [1.165, 1.54) is 0 Å². The Hall–Kier alpha value is -0.130. The fourth-order valence-electron chi connectivity index (χ4n) is 2.38. The van der Waals surface area contributed by atoms with Crippen LogP contribution in [0.3, 0.4) is 0 Å². The summed E-state index contributed by atoms with van der Waals surface area (Å²) < 4.78 is 6.42. The summed E-state index contributed by atoms with van der Waals surface area (Å²) in [6.07, 6.45) is 1.06. The second-order valence-corrected chi connectivity index (χ2v) is 5.92. The maximum atomic E-state index is 6.31. The first-order valence-corrected chi connectivity index (χ1v) is 7.25. The molecule has 0 aliphatic carbocycles. The van der Waals surface area contributed by atoms with Gasteiger partial charge in [0, 0.05) is 34.7 Å². The molecule has 0 amide bonds. The zero-order valence-corrected chi connectivity index (χ0v) is 12.7. The molecule has 0 radical (unpaired) electrons. The van der Waals surface area contributed by atoms with Crippen molar-refractivity contribution in [2.24, 2.45) is 5.73 Å². The van der Waals surface area contributed by atoms with E-state index in [4.69, 9.17) is 22.1 Å². The molecule has 0 bridgehead atoms. The molecule has 18 heavy (non-hydrogen) atoms. The highest BCUT2D eigenvalue weighted by molar-refractivity contribution is 9.10. The van der Waals surface area contributed by atoms with Crippen molar-refractivity contribution < 1.29 is 4.74 Å². The SMILES string of the molecule is CN(C1CCOC1)C(CN)c1ccc(Br)cc1Cl. The van der Waals surface area contributed by atoms with Crippen LogP contribution in [0.25, 0.3) is 0 Å². The molecule has 1 saturated heterocycles. The fourth-order valence-corrected chi connectivity index (χ4v) is 3.18. The topological polar surface area (TPSA) is 38.5 Å². The van der Waals surface area contributed by atoms with Gasteiger partial charge in [0.2, 0.25) is 0 Å². The standard InChI is InChI=1S/C13H18BrClN2O/c1-17(10-4-5-18-8-10)13(7-16)11-3-2-9(14)6-12(11)15/h2-3,6,10,13H,4-5,7-8,16H2,1H3. The highest BCUT2D eigenvalue weighted by Crippen LogP contribution is 2.31. The van der Waals surface area contributed by atoms with Crippen LogP contribution in [0.2, 0.25) is 5.02 Å².